The smallest absolute Gasteiger partial charge is 0.481 e. The SMILES string of the molecule is Cc1oc(=O)oc1COC(=O)[C@]1(C)[C@@H](NC(=O)C2(C)CC2)CC[C@@]2(C)[C@H]1CC[C@]1(C)[C@@H]2C(=O)C=C2[C@@H]3C[C@@](C)(C(=O)O)CC[C@]3(C)CC[C@]21C. The zero-order valence-electron chi connectivity index (χ0n) is 31.1. The van der Waals surface area contributed by atoms with Crippen LogP contribution in [0.15, 0.2) is 25.3 Å². The number of nitrogens with one attached hydrogen (secondary N) is 1. The Kier molecular flexibility index (Phi) is 7.70. The Balaban J connectivity index is 1.27. The molecule has 0 bridgehead atoms. The summed E-state index contributed by atoms with van der Waals surface area (Å²) in [6, 6.07) is -0.494. The predicted octanol–water partition coefficient (Wildman–Crippen LogP) is 6.91. The van der Waals surface area contributed by atoms with Gasteiger partial charge in [0.25, 0.3) is 0 Å². The Morgan fingerprint density at radius 1 is 0.880 bits per heavy atom. The average molecular weight is 694 g/mol. The molecule has 0 aliphatic heterocycles. The van der Waals surface area contributed by atoms with Crippen LogP contribution in [0.1, 0.15) is 131 Å². The summed E-state index contributed by atoms with van der Waals surface area (Å²) in [6.45, 7) is 16.1. The van der Waals surface area contributed by atoms with E-state index >= 15 is 0 Å². The molecule has 0 aromatic carbocycles. The topological polar surface area (TPSA) is 153 Å². The van der Waals surface area contributed by atoms with Crippen molar-refractivity contribution in [2.45, 2.75) is 139 Å². The van der Waals surface area contributed by atoms with E-state index < -0.39 is 50.9 Å². The fraction of sp³-hybridized carbons (Fsp3) is 0.775. The number of allylic oxidation sites excluding steroid dienone is 2. The zero-order valence-corrected chi connectivity index (χ0v) is 31.1. The van der Waals surface area contributed by atoms with Crippen molar-refractivity contribution in [2.24, 2.45) is 55.7 Å². The molecular weight excluding hydrogens is 638 g/mol. The summed E-state index contributed by atoms with van der Waals surface area (Å²) in [7, 11) is 0. The third kappa shape index (κ3) is 4.74. The highest BCUT2D eigenvalue weighted by atomic mass is 16.6. The van der Waals surface area contributed by atoms with Gasteiger partial charge in [0.15, 0.2) is 23.9 Å². The quantitative estimate of drug-likeness (QED) is 0.303. The summed E-state index contributed by atoms with van der Waals surface area (Å²) < 4.78 is 16.1. The Morgan fingerprint density at radius 3 is 2.16 bits per heavy atom. The third-order valence-electron chi connectivity index (χ3n) is 16.2. The normalized spacial score (nSPS) is 44.4. The highest BCUT2D eigenvalue weighted by Gasteiger charge is 2.72. The van der Waals surface area contributed by atoms with Crippen LogP contribution in [0.25, 0.3) is 0 Å². The van der Waals surface area contributed by atoms with Crippen LogP contribution in [0.4, 0.5) is 0 Å². The lowest BCUT2D eigenvalue weighted by molar-refractivity contribution is -0.205. The molecule has 50 heavy (non-hydrogen) atoms. The number of carboxylic acid groups (broad SMARTS) is 1. The van der Waals surface area contributed by atoms with Gasteiger partial charge in [-0.25, -0.2) is 4.79 Å². The fourth-order valence-corrected chi connectivity index (χ4v) is 12.1. The van der Waals surface area contributed by atoms with Crippen molar-refractivity contribution in [3.8, 4) is 0 Å². The average Bonchev–Trinajstić information content (AvgIpc) is 3.71. The van der Waals surface area contributed by atoms with E-state index in [1.165, 1.54) is 0 Å². The maximum Gasteiger partial charge on any atom is 0.519 e. The fourth-order valence-electron chi connectivity index (χ4n) is 12.1. The molecule has 5 fully saturated rings. The van der Waals surface area contributed by atoms with Gasteiger partial charge < -0.3 is 24.0 Å². The van der Waals surface area contributed by atoms with E-state index in [4.69, 9.17) is 13.6 Å². The van der Waals surface area contributed by atoms with Crippen LogP contribution in [0.2, 0.25) is 0 Å². The number of hydrogen-bond donors (Lipinski definition) is 2. The maximum atomic E-state index is 14.9. The first-order valence-corrected chi connectivity index (χ1v) is 18.7. The lowest BCUT2D eigenvalue weighted by Crippen LogP contribution is -2.69. The van der Waals surface area contributed by atoms with Crippen LogP contribution in [-0.4, -0.2) is 34.8 Å². The number of aliphatic carboxylic acids is 1. The number of rotatable bonds is 6. The molecule has 6 aliphatic carbocycles. The summed E-state index contributed by atoms with van der Waals surface area (Å²) in [5.74, 6) is -2.30. The Labute approximate surface area is 294 Å². The van der Waals surface area contributed by atoms with Gasteiger partial charge in [0, 0.05) is 17.4 Å². The molecule has 5 saturated carbocycles. The lowest BCUT2D eigenvalue weighted by atomic mass is 9.33. The van der Waals surface area contributed by atoms with Crippen LogP contribution in [0.5, 0.6) is 0 Å². The second-order valence-corrected chi connectivity index (χ2v) is 19.0. The van der Waals surface area contributed by atoms with Crippen molar-refractivity contribution < 1.29 is 37.9 Å². The van der Waals surface area contributed by atoms with Gasteiger partial charge in [0.1, 0.15) is 0 Å². The van der Waals surface area contributed by atoms with E-state index in [0.29, 0.717) is 38.5 Å². The van der Waals surface area contributed by atoms with E-state index in [-0.39, 0.29) is 58.4 Å². The number of amides is 1. The van der Waals surface area contributed by atoms with E-state index in [1.54, 1.807) is 6.92 Å². The highest BCUT2D eigenvalue weighted by Crippen LogP contribution is 2.75. The molecule has 6 aliphatic rings. The van der Waals surface area contributed by atoms with Crippen LogP contribution < -0.4 is 11.1 Å². The van der Waals surface area contributed by atoms with Gasteiger partial charge in [-0.15, -0.1) is 0 Å². The molecule has 0 spiro atoms. The summed E-state index contributed by atoms with van der Waals surface area (Å²) in [4.78, 5) is 67.1. The molecule has 0 radical (unpaired) electrons. The number of carboxylic acids is 1. The van der Waals surface area contributed by atoms with Crippen molar-refractivity contribution in [3.05, 3.63) is 33.8 Å². The predicted molar refractivity (Wildman–Crippen MR) is 182 cm³/mol. The van der Waals surface area contributed by atoms with Crippen LogP contribution >= 0.6 is 0 Å². The van der Waals surface area contributed by atoms with Crippen molar-refractivity contribution in [1.82, 2.24) is 5.32 Å². The highest BCUT2D eigenvalue weighted by molar-refractivity contribution is 5.96. The first-order valence-electron chi connectivity index (χ1n) is 18.7. The van der Waals surface area contributed by atoms with E-state index in [0.717, 1.165) is 37.7 Å². The minimum Gasteiger partial charge on any atom is -0.481 e. The Bertz CT molecular complexity index is 1750. The summed E-state index contributed by atoms with van der Waals surface area (Å²) in [5, 5.41) is 13.5. The number of aryl methyl sites for hydroxylation is 1. The molecule has 0 unspecified atom stereocenters. The Morgan fingerprint density at radius 2 is 1.54 bits per heavy atom. The van der Waals surface area contributed by atoms with Gasteiger partial charge >= 0.3 is 17.8 Å². The molecular formula is C40H55NO9. The lowest BCUT2D eigenvalue weighted by Gasteiger charge is -2.70. The molecule has 1 aromatic heterocycles. The molecule has 1 amide bonds. The van der Waals surface area contributed by atoms with Gasteiger partial charge in [-0.3, -0.25) is 19.2 Å². The zero-order chi connectivity index (χ0) is 36.4. The summed E-state index contributed by atoms with van der Waals surface area (Å²) in [5.41, 5.74) is -2.61. The first kappa shape index (κ1) is 35.2. The number of fused-ring (bicyclic) bond motifs is 7. The van der Waals surface area contributed by atoms with Gasteiger partial charge in [-0.1, -0.05) is 40.2 Å². The van der Waals surface area contributed by atoms with E-state index in [1.807, 2.05) is 26.8 Å². The molecule has 0 saturated heterocycles. The molecule has 10 heteroatoms. The Hall–Kier alpha value is -3.17. The largest absolute Gasteiger partial charge is 0.519 e. The van der Waals surface area contributed by atoms with Crippen LogP contribution in [-0.2, 0) is 30.5 Å². The minimum atomic E-state index is -1.16. The molecule has 2 N–H and O–H groups in total. The second kappa shape index (κ2) is 10.9. The summed E-state index contributed by atoms with van der Waals surface area (Å²) in [6.07, 6.45) is 10.0. The first-order chi connectivity index (χ1) is 23.2. The molecule has 10 nitrogen and oxygen atoms in total. The number of ether oxygens (including phenoxy) is 1. The van der Waals surface area contributed by atoms with Crippen LogP contribution in [0.3, 0.4) is 0 Å². The van der Waals surface area contributed by atoms with Crippen molar-refractivity contribution in [3.63, 3.8) is 0 Å². The van der Waals surface area contributed by atoms with Gasteiger partial charge in [-0.2, -0.15) is 0 Å². The summed E-state index contributed by atoms with van der Waals surface area (Å²) >= 11 is 0. The van der Waals surface area contributed by atoms with Crippen molar-refractivity contribution in [1.29, 1.82) is 0 Å². The molecule has 1 aromatic rings. The van der Waals surface area contributed by atoms with E-state index in [9.17, 15) is 29.1 Å². The standard InChI is InChI=1S/C40H55NO9/c1-22-26(50-33(47)49-22)21-48-32(46)40(8)27-9-12-39(7)29(37(27,5)11-10-28(40)41-30(43)35(3)14-15-35)25(42)19-23-24-20-36(4,31(44)45)16-13-34(24,2)17-18-38(23,39)6/h19,24,27-29H,9-18,20-21H2,1-8H3,(H,41,43)(H,44,45)/t24-,27+,28-,29+,34+,36-,37-,38+,39+,40-/m0/s1. The molecule has 274 valence electrons. The van der Waals surface area contributed by atoms with Crippen molar-refractivity contribution >= 4 is 23.6 Å². The van der Waals surface area contributed by atoms with Crippen molar-refractivity contribution in [2.75, 3.05) is 0 Å². The second-order valence-electron chi connectivity index (χ2n) is 19.0. The maximum absolute atomic E-state index is 14.9. The van der Waals surface area contributed by atoms with Gasteiger partial charge in [-0.05, 0) is 131 Å². The molecule has 1 heterocycles. The monoisotopic (exact) mass is 693 g/mol. The van der Waals surface area contributed by atoms with Gasteiger partial charge in [0.05, 0.1) is 10.8 Å². The number of carbonyl (C=O) groups excluding carboxylic acids is 3. The molecule has 7 rings (SSSR count). The number of carbonyl (C=O) groups is 4. The number of ketones is 1. The third-order valence-corrected chi connectivity index (χ3v) is 16.2. The number of hydrogen-bond acceptors (Lipinski definition) is 8. The van der Waals surface area contributed by atoms with Gasteiger partial charge in [0.2, 0.25) is 5.91 Å². The number of esters is 1. The van der Waals surface area contributed by atoms with Crippen LogP contribution in [0, 0.1) is 62.6 Å². The molecule has 10 atom stereocenters. The van der Waals surface area contributed by atoms with E-state index in [2.05, 4.69) is 33.0 Å². The minimum absolute atomic E-state index is 0.0183.